The normalized spacial score (nSPS) is 12.0. The number of phenols is 1. The average molecular weight is 439 g/mol. The fourth-order valence-corrected chi connectivity index (χ4v) is 3.77. The predicted molar refractivity (Wildman–Crippen MR) is 121 cm³/mol. The van der Waals surface area contributed by atoms with Crippen LogP contribution in [0.2, 0.25) is 0 Å². The van der Waals surface area contributed by atoms with Crippen molar-refractivity contribution in [2.45, 2.75) is 59.0 Å². The predicted octanol–water partition coefficient (Wildman–Crippen LogP) is 3.21. The Morgan fingerprint density at radius 3 is 2.78 bits per heavy atom. The summed E-state index contributed by atoms with van der Waals surface area (Å²) in [5.74, 6) is 0.447. The van der Waals surface area contributed by atoms with Gasteiger partial charge in [0.25, 0.3) is 0 Å². The quantitative estimate of drug-likeness (QED) is 0.372. The Kier molecular flexibility index (Phi) is 7.81. The van der Waals surface area contributed by atoms with Crippen molar-refractivity contribution in [1.82, 2.24) is 19.9 Å². The standard InChI is InChI=1S/C24H30N4O4/c1-4-32-24(31)20(14-18-8-9-19(29)13-16(18)2)27-23(30)7-5-6-12-28-17(3)26-21-15-25-11-10-22(21)28/h8-11,13,15,20,29H,4-7,12,14H2,1-3H3,(H,27,30)/t20-/m0/s1. The van der Waals surface area contributed by atoms with Crippen molar-refractivity contribution in [2.75, 3.05) is 6.61 Å². The largest absolute Gasteiger partial charge is 0.508 e. The Balaban J connectivity index is 1.55. The number of nitrogens with zero attached hydrogens (tertiary/aromatic N) is 3. The number of carbonyl (C=O) groups is 2. The van der Waals surface area contributed by atoms with Crippen LogP contribution in [0.15, 0.2) is 36.7 Å². The second-order valence-electron chi connectivity index (χ2n) is 7.82. The number of aryl methyl sites for hydroxylation is 3. The number of aromatic hydroxyl groups is 1. The molecule has 2 heterocycles. The molecule has 8 heteroatoms. The molecule has 32 heavy (non-hydrogen) atoms. The molecule has 0 bridgehead atoms. The number of hydrogen-bond donors (Lipinski definition) is 2. The van der Waals surface area contributed by atoms with Gasteiger partial charge in [0.2, 0.25) is 5.91 Å². The Hall–Kier alpha value is -3.42. The molecule has 170 valence electrons. The first-order valence-electron chi connectivity index (χ1n) is 10.9. The number of esters is 1. The highest BCUT2D eigenvalue weighted by Crippen LogP contribution is 2.18. The molecule has 0 spiro atoms. The van der Waals surface area contributed by atoms with Gasteiger partial charge in [-0.2, -0.15) is 0 Å². The molecule has 0 aliphatic rings. The van der Waals surface area contributed by atoms with Gasteiger partial charge < -0.3 is 19.7 Å². The Bertz CT molecular complexity index is 1090. The van der Waals surface area contributed by atoms with E-state index in [0.29, 0.717) is 19.3 Å². The topological polar surface area (TPSA) is 106 Å². The van der Waals surface area contributed by atoms with E-state index in [2.05, 4.69) is 19.9 Å². The van der Waals surface area contributed by atoms with E-state index in [-0.39, 0.29) is 18.3 Å². The molecule has 2 N–H and O–H groups in total. The molecule has 2 aromatic heterocycles. The number of hydrogen-bond acceptors (Lipinski definition) is 6. The van der Waals surface area contributed by atoms with Crippen molar-refractivity contribution in [3.63, 3.8) is 0 Å². The Morgan fingerprint density at radius 1 is 1.22 bits per heavy atom. The van der Waals surface area contributed by atoms with Crippen LogP contribution < -0.4 is 5.32 Å². The summed E-state index contributed by atoms with van der Waals surface area (Å²) in [7, 11) is 0. The van der Waals surface area contributed by atoms with Gasteiger partial charge in [0.15, 0.2) is 0 Å². The maximum absolute atomic E-state index is 12.5. The summed E-state index contributed by atoms with van der Waals surface area (Å²) in [4.78, 5) is 33.6. The number of aromatic nitrogens is 3. The molecule has 0 saturated carbocycles. The third-order valence-electron chi connectivity index (χ3n) is 5.43. The number of benzene rings is 1. The molecule has 3 rings (SSSR count). The van der Waals surface area contributed by atoms with Gasteiger partial charge in [0, 0.05) is 25.6 Å². The van der Waals surface area contributed by atoms with Gasteiger partial charge in [-0.3, -0.25) is 9.78 Å². The van der Waals surface area contributed by atoms with E-state index in [1.54, 1.807) is 37.5 Å². The molecule has 0 aliphatic heterocycles. The summed E-state index contributed by atoms with van der Waals surface area (Å²) in [5, 5.41) is 12.4. The summed E-state index contributed by atoms with van der Waals surface area (Å²) in [5.41, 5.74) is 3.63. The summed E-state index contributed by atoms with van der Waals surface area (Å²) in [6.07, 6.45) is 5.62. The lowest BCUT2D eigenvalue weighted by Crippen LogP contribution is -2.43. The van der Waals surface area contributed by atoms with Crippen molar-refractivity contribution < 1.29 is 19.4 Å². The first kappa shape index (κ1) is 23.2. The maximum Gasteiger partial charge on any atom is 0.328 e. The second kappa shape index (κ2) is 10.7. The van der Waals surface area contributed by atoms with Crippen LogP contribution in [0.5, 0.6) is 5.75 Å². The molecule has 0 radical (unpaired) electrons. The SMILES string of the molecule is CCOC(=O)[C@H](Cc1ccc(O)cc1C)NC(=O)CCCCn1c(C)nc2cnccc21. The summed E-state index contributed by atoms with van der Waals surface area (Å²) in [6.45, 7) is 6.56. The molecule has 1 amide bonds. The van der Waals surface area contributed by atoms with Crippen LogP contribution in [-0.2, 0) is 27.3 Å². The number of fused-ring (bicyclic) bond motifs is 1. The number of rotatable bonds is 10. The van der Waals surface area contributed by atoms with Gasteiger partial charge in [-0.05, 0) is 62.9 Å². The van der Waals surface area contributed by atoms with Gasteiger partial charge in [-0.15, -0.1) is 0 Å². The van der Waals surface area contributed by atoms with Crippen molar-refractivity contribution in [3.8, 4) is 5.75 Å². The minimum atomic E-state index is -0.766. The molecule has 0 fully saturated rings. The highest BCUT2D eigenvalue weighted by molar-refractivity contribution is 5.84. The van der Waals surface area contributed by atoms with Crippen LogP contribution in [-0.4, -0.2) is 44.2 Å². The van der Waals surface area contributed by atoms with Gasteiger partial charge >= 0.3 is 5.97 Å². The summed E-state index contributed by atoms with van der Waals surface area (Å²) in [6, 6.07) is 6.15. The maximum atomic E-state index is 12.5. The molecule has 1 aromatic carbocycles. The number of amides is 1. The third kappa shape index (κ3) is 5.84. The van der Waals surface area contributed by atoms with Crippen molar-refractivity contribution >= 4 is 22.9 Å². The van der Waals surface area contributed by atoms with Crippen LogP contribution in [0.4, 0.5) is 0 Å². The van der Waals surface area contributed by atoms with Gasteiger partial charge in [0.1, 0.15) is 23.1 Å². The average Bonchev–Trinajstić information content (AvgIpc) is 3.07. The van der Waals surface area contributed by atoms with E-state index in [4.69, 9.17) is 4.74 Å². The van der Waals surface area contributed by atoms with E-state index < -0.39 is 12.0 Å². The minimum Gasteiger partial charge on any atom is -0.508 e. The number of pyridine rings is 1. The van der Waals surface area contributed by atoms with Crippen LogP contribution >= 0.6 is 0 Å². The van der Waals surface area contributed by atoms with E-state index >= 15 is 0 Å². The lowest BCUT2D eigenvalue weighted by atomic mass is 10.0. The number of imidazole rings is 1. The number of carbonyl (C=O) groups excluding carboxylic acids is 2. The third-order valence-corrected chi connectivity index (χ3v) is 5.43. The highest BCUT2D eigenvalue weighted by atomic mass is 16.5. The lowest BCUT2D eigenvalue weighted by molar-refractivity contribution is -0.147. The summed E-state index contributed by atoms with van der Waals surface area (Å²) >= 11 is 0. The van der Waals surface area contributed by atoms with E-state index in [1.807, 2.05) is 19.9 Å². The van der Waals surface area contributed by atoms with Crippen LogP contribution in [0.1, 0.15) is 43.1 Å². The van der Waals surface area contributed by atoms with Crippen molar-refractivity contribution in [3.05, 3.63) is 53.6 Å². The lowest BCUT2D eigenvalue weighted by Gasteiger charge is -2.18. The smallest absolute Gasteiger partial charge is 0.328 e. The van der Waals surface area contributed by atoms with E-state index in [9.17, 15) is 14.7 Å². The fourth-order valence-electron chi connectivity index (χ4n) is 3.77. The number of ether oxygens (including phenoxy) is 1. The zero-order valence-electron chi connectivity index (χ0n) is 18.8. The van der Waals surface area contributed by atoms with Crippen LogP contribution in [0, 0.1) is 13.8 Å². The molecule has 0 unspecified atom stereocenters. The Morgan fingerprint density at radius 2 is 2.03 bits per heavy atom. The highest BCUT2D eigenvalue weighted by Gasteiger charge is 2.23. The molecule has 0 saturated heterocycles. The molecule has 0 aliphatic carbocycles. The number of nitrogens with one attached hydrogen (secondary N) is 1. The van der Waals surface area contributed by atoms with Crippen LogP contribution in [0.25, 0.3) is 11.0 Å². The molecular formula is C24H30N4O4. The summed E-state index contributed by atoms with van der Waals surface area (Å²) < 4.78 is 7.28. The van der Waals surface area contributed by atoms with E-state index in [0.717, 1.165) is 41.0 Å². The first-order chi connectivity index (χ1) is 15.4. The second-order valence-corrected chi connectivity index (χ2v) is 7.82. The minimum absolute atomic E-state index is 0.167. The Labute approximate surface area is 187 Å². The van der Waals surface area contributed by atoms with Gasteiger partial charge in [-0.1, -0.05) is 6.07 Å². The fraction of sp³-hybridized carbons (Fsp3) is 0.417. The van der Waals surface area contributed by atoms with Crippen LogP contribution in [0.3, 0.4) is 0 Å². The molecule has 3 aromatic rings. The van der Waals surface area contributed by atoms with Gasteiger partial charge in [-0.25, -0.2) is 9.78 Å². The van der Waals surface area contributed by atoms with Crippen molar-refractivity contribution in [2.24, 2.45) is 0 Å². The first-order valence-corrected chi connectivity index (χ1v) is 10.9. The molecular weight excluding hydrogens is 408 g/mol. The van der Waals surface area contributed by atoms with Gasteiger partial charge in [0.05, 0.1) is 18.3 Å². The zero-order valence-corrected chi connectivity index (χ0v) is 18.8. The van der Waals surface area contributed by atoms with Crippen molar-refractivity contribution in [1.29, 1.82) is 0 Å². The molecule has 1 atom stereocenters. The number of phenolic OH excluding ortho intramolecular Hbond substituents is 1. The zero-order chi connectivity index (χ0) is 23.1. The van der Waals surface area contributed by atoms with E-state index in [1.165, 1.54) is 0 Å². The molecule has 8 nitrogen and oxygen atoms in total. The monoisotopic (exact) mass is 438 g/mol. The number of unbranched alkanes of at least 4 members (excludes halogenated alkanes) is 1.